The molecular weight excluding hydrogens is 238 g/mol. The molecule has 1 heterocycles. The molecule has 0 bridgehead atoms. The van der Waals surface area contributed by atoms with Crippen LogP contribution in [0.5, 0.6) is 0 Å². The molecule has 2 rings (SSSR count). The molecule has 0 aromatic heterocycles. The summed E-state index contributed by atoms with van der Waals surface area (Å²) in [6.07, 6.45) is 2.28. The predicted octanol–water partition coefficient (Wildman–Crippen LogP) is 2.91. The summed E-state index contributed by atoms with van der Waals surface area (Å²) < 4.78 is 5.16. The number of esters is 1. The maximum absolute atomic E-state index is 11.7. The summed E-state index contributed by atoms with van der Waals surface area (Å²) >= 11 is 0. The van der Waals surface area contributed by atoms with Gasteiger partial charge in [-0.1, -0.05) is 18.2 Å². The summed E-state index contributed by atoms with van der Waals surface area (Å²) in [5.74, 6) is -0.239. The second kappa shape index (κ2) is 5.73. The van der Waals surface area contributed by atoms with Crippen LogP contribution in [-0.4, -0.2) is 12.1 Å². The van der Waals surface area contributed by atoms with Crippen molar-refractivity contribution in [2.45, 2.75) is 26.4 Å². The number of halogens is 1. The number of hydrogen-bond donors (Lipinski definition) is 1. The van der Waals surface area contributed by atoms with E-state index in [2.05, 4.69) is 5.32 Å². The van der Waals surface area contributed by atoms with Gasteiger partial charge in [-0.3, -0.25) is 0 Å². The number of fused-ring (bicyclic) bond motifs is 1. The van der Waals surface area contributed by atoms with Crippen LogP contribution in [0.25, 0.3) is 0 Å². The van der Waals surface area contributed by atoms with Crippen molar-refractivity contribution in [3.63, 3.8) is 0 Å². The molecular formula is C13H16ClNO2. The van der Waals surface area contributed by atoms with Gasteiger partial charge in [0, 0.05) is 18.3 Å². The number of nitrogens with one attached hydrogen (secondary N) is 1. The fraction of sp³-hybridized carbons (Fsp3) is 0.308. The standard InChI is InChI=1S/C13H15NO2.ClH/c1-9(2)16-13(15)11-7-10-5-3-4-6-12(10)14-8-11;/h3-6,8-9,14H,7H2,1-2H3;1H. The number of benzene rings is 1. The Kier molecular flexibility index (Phi) is 4.58. The van der Waals surface area contributed by atoms with Crippen LogP contribution in [0.1, 0.15) is 19.4 Å². The highest BCUT2D eigenvalue weighted by Crippen LogP contribution is 2.23. The first-order chi connectivity index (χ1) is 7.66. The minimum atomic E-state index is -0.239. The topological polar surface area (TPSA) is 38.3 Å². The number of hydrogen-bond acceptors (Lipinski definition) is 3. The average molecular weight is 254 g/mol. The van der Waals surface area contributed by atoms with Gasteiger partial charge >= 0.3 is 5.97 Å². The third kappa shape index (κ3) is 3.24. The van der Waals surface area contributed by atoms with Crippen molar-refractivity contribution in [1.82, 2.24) is 0 Å². The van der Waals surface area contributed by atoms with Gasteiger partial charge in [0.15, 0.2) is 0 Å². The normalized spacial score (nSPS) is 13.0. The van der Waals surface area contributed by atoms with Gasteiger partial charge < -0.3 is 10.1 Å². The maximum Gasteiger partial charge on any atom is 0.336 e. The van der Waals surface area contributed by atoms with Crippen molar-refractivity contribution in [2.24, 2.45) is 0 Å². The minimum absolute atomic E-state index is 0. The Morgan fingerprint density at radius 2 is 2.06 bits per heavy atom. The van der Waals surface area contributed by atoms with E-state index in [0.29, 0.717) is 12.0 Å². The van der Waals surface area contributed by atoms with Crippen LogP contribution < -0.4 is 5.32 Å². The van der Waals surface area contributed by atoms with Crippen LogP contribution in [0.4, 0.5) is 5.69 Å². The van der Waals surface area contributed by atoms with Crippen LogP contribution in [0.15, 0.2) is 36.0 Å². The molecule has 3 nitrogen and oxygen atoms in total. The lowest BCUT2D eigenvalue weighted by Crippen LogP contribution is -2.18. The minimum Gasteiger partial charge on any atom is -0.460 e. The second-order valence-corrected chi connectivity index (χ2v) is 4.10. The van der Waals surface area contributed by atoms with E-state index >= 15 is 0 Å². The lowest BCUT2D eigenvalue weighted by Gasteiger charge is -2.18. The molecule has 0 unspecified atom stereocenters. The highest BCUT2D eigenvalue weighted by Gasteiger charge is 2.18. The fourth-order valence-electron chi connectivity index (χ4n) is 1.66. The van der Waals surface area contributed by atoms with Gasteiger partial charge in [0.1, 0.15) is 0 Å². The molecule has 0 aliphatic carbocycles. The zero-order valence-corrected chi connectivity index (χ0v) is 10.7. The van der Waals surface area contributed by atoms with E-state index in [4.69, 9.17) is 4.74 Å². The second-order valence-electron chi connectivity index (χ2n) is 4.10. The Morgan fingerprint density at radius 1 is 1.35 bits per heavy atom. The average Bonchev–Trinajstić information content (AvgIpc) is 2.27. The van der Waals surface area contributed by atoms with E-state index in [0.717, 1.165) is 11.3 Å². The predicted molar refractivity (Wildman–Crippen MR) is 70.3 cm³/mol. The third-order valence-electron chi connectivity index (χ3n) is 2.41. The molecule has 4 heteroatoms. The smallest absolute Gasteiger partial charge is 0.336 e. The first-order valence-corrected chi connectivity index (χ1v) is 5.41. The van der Waals surface area contributed by atoms with Crippen LogP contribution >= 0.6 is 12.4 Å². The summed E-state index contributed by atoms with van der Waals surface area (Å²) in [6, 6.07) is 7.95. The van der Waals surface area contributed by atoms with Gasteiger partial charge in [0.05, 0.1) is 11.7 Å². The Hall–Kier alpha value is -1.48. The van der Waals surface area contributed by atoms with Gasteiger partial charge in [-0.2, -0.15) is 0 Å². The van der Waals surface area contributed by atoms with Crippen molar-refractivity contribution in [3.05, 3.63) is 41.6 Å². The van der Waals surface area contributed by atoms with Crippen LogP contribution in [0, 0.1) is 0 Å². The molecule has 0 saturated carbocycles. The Morgan fingerprint density at radius 3 is 2.76 bits per heavy atom. The molecule has 1 aliphatic rings. The molecule has 92 valence electrons. The molecule has 0 fully saturated rings. The molecule has 17 heavy (non-hydrogen) atoms. The quantitative estimate of drug-likeness (QED) is 0.824. The Bertz CT molecular complexity index is 441. The van der Waals surface area contributed by atoms with Crippen LogP contribution in [0.3, 0.4) is 0 Å². The van der Waals surface area contributed by atoms with Gasteiger partial charge in [-0.05, 0) is 25.5 Å². The monoisotopic (exact) mass is 253 g/mol. The molecule has 1 N–H and O–H groups in total. The summed E-state index contributed by atoms with van der Waals surface area (Å²) in [5, 5.41) is 3.10. The zero-order valence-electron chi connectivity index (χ0n) is 9.90. The number of carbonyl (C=O) groups is 1. The molecule has 0 radical (unpaired) electrons. The first-order valence-electron chi connectivity index (χ1n) is 5.41. The van der Waals surface area contributed by atoms with E-state index in [1.165, 1.54) is 0 Å². The summed E-state index contributed by atoms with van der Waals surface area (Å²) in [5.41, 5.74) is 2.86. The summed E-state index contributed by atoms with van der Waals surface area (Å²) in [4.78, 5) is 11.7. The van der Waals surface area contributed by atoms with E-state index in [1.54, 1.807) is 6.20 Å². The zero-order chi connectivity index (χ0) is 11.5. The molecule has 0 saturated heterocycles. The van der Waals surface area contributed by atoms with Crippen LogP contribution in [-0.2, 0) is 16.0 Å². The van der Waals surface area contributed by atoms with E-state index < -0.39 is 0 Å². The van der Waals surface area contributed by atoms with Gasteiger partial charge in [0.2, 0.25) is 0 Å². The SMILES string of the molecule is CC(C)OC(=O)C1=CNc2ccccc2C1.Cl. The number of rotatable bonds is 2. The lowest BCUT2D eigenvalue weighted by molar-refractivity contribution is -0.142. The summed E-state index contributed by atoms with van der Waals surface area (Å²) in [7, 11) is 0. The van der Waals surface area contributed by atoms with Crippen molar-refractivity contribution in [2.75, 3.05) is 5.32 Å². The van der Waals surface area contributed by atoms with E-state index in [-0.39, 0.29) is 24.5 Å². The number of anilines is 1. The van der Waals surface area contributed by atoms with E-state index in [1.807, 2.05) is 38.1 Å². The van der Waals surface area contributed by atoms with Gasteiger partial charge in [-0.15, -0.1) is 12.4 Å². The number of para-hydroxylation sites is 1. The van der Waals surface area contributed by atoms with Crippen molar-refractivity contribution in [1.29, 1.82) is 0 Å². The Balaban J connectivity index is 0.00000144. The number of carbonyl (C=O) groups excluding carboxylic acids is 1. The third-order valence-corrected chi connectivity index (χ3v) is 2.41. The first kappa shape index (κ1) is 13.6. The highest BCUT2D eigenvalue weighted by molar-refractivity contribution is 5.90. The molecule has 1 aromatic rings. The maximum atomic E-state index is 11.7. The van der Waals surface area contributed by atoms with Crippen LogP contribution in [0.2, 0.25) is 0 Å². The highest BCUT2D eigenvalue weighted by atomic mass is 35.5. The van der Waals surface area contributed by atoms with Crippen molar-refractivity contribution >= 4 is 24.1 Å². The summed E-state index contributed by atoms with van der Waals surface area (Å²) in [6.45, 7) is 3.70. The number of ether oxygens (including phenoxy) is 1. The van der Waals surface area contributed by atoms with Gasteiger partial charge in [0.25, 0.3) is 0 Å². The Labute approximate surface area is 107 Å². The molecule has 1 aromatic carbocycles. The molecule has 0 atom stereocenters. The molecule has 0 amide bonds. The largest absolute Gasteiger partial charge is 0.460 e. The van der Waals surface area contributed by atoms with Crippen molar-refractivity contribution in [3.8, 4) is 0 Å². The molecule has 0 spiro atoms. The van der Waals surface area contributed by atoms with E-state index in [9.17, 15) is 4.79 Å². The molecule has 1 aliphatic heterocycles. The lowest BCUT2D eigenvalue weighted by atomic mass is 10.0. The van der Waals surface area contributed by atoms with Gasteiger partial charge in [-0.25, -0.2) is 4.79 Å². The fourth-order valence-corrected chi connectivity index (χ4v) is 1.66. The van der Waals surface area contributed by atoms with Crippen molar-refractivity contribution < 1.29 is 9.53 Å².